The van der Waals surface area contributed by atoms with Gasteiger partial charge in [0, 0.05) is 24.2 Å². The highest BCUT2D eigenvalue weighted by atomic mass is 32.1. The zero-order valence-corrected chi connectivity index (χ0v) is 34.2. The first kappa shape index (κ1) is 39.9. The number of nitrogens with zero attached hydrogens (tertiary/aromatic N) is 4. The van der Waals surface area contributed by atoms with Gasteiger partial charge in [-0.25, -0.2) is 14.8 Å². The number of hydrogen-bond acceptors (Lipinski definition) is 10. The van der Waals surface area contributed by atoms with Crippen molar-refractivity contribution in [1.29, 1.82) is 0 Å². The topological polar surface area (TPSA) is 134 Å². The molecule has 1 amide bonds. The number of benzene rings is 3. The van der Waals surface area contributed by atoms with Crippen LogP contribution in [-0.2, 0) is 22.5 Å². The Bertz CT molecular complexity index is 2240. The molecule has 3 aromatic carbocycles. The number of aliphatic carboxylic acids is 1. The summed E-state index contributed by atoms with van der Waals surface area (Å²) in [4.78, 5) is 52.4. The van der Waals surface area contributed by atoms with Gasteiger partial charge in [0.25, 0.3) is 5.91 Å². The summed E-state index contributed by atoms with van der Waals surface area (Å²) in [5.74, 6) is 0.736. The molecule has 57 heavy (non-hydrogen) atoms. The molecule has 298 valence electrons. The van der Waals surface area contributed by atoms with Crippen molar-refractivity contribution >= 4 is 50.3 Å². The zero-order chi connectivity index (χ0) is 40.3. The quantitative estimate of drug-likeness (QED) is 0.118. The summed E-state index contributed by atoms with van der Waals surface area (Å²) in [6.45, 7) is 13.1. The molecule has 0 saturated carbocycles. The number of thiazole rings is 1. The third kappa shape index (κ3) is 9.62. The van der Waals surface area contributed by atoms with E-state index in [0.717, 1.165) is 70.6 Å². The molecule has 0 radical (unpaired) electrons. The van der Waals surface area contributed by atoms with E-state index in [2.05, 4.69) is 28.2 Å². The molecule has 2 aliphatic heterocycles. The second-order valence-electron chi connectivity index (χ2n) is 16.3. The number of piperidine rings is 1. The van der Waals surface area contributed by atoms with Gasteiger partial charge in [0.1, 0.15) is 17.2 Å². The first-order valence-electron chi connectivity index (χ1n) is 19.7. The van der Waals surface area contributed by atoms with Crippen LogP contribution in [0.1, 0.15) is 84.5 Å². The minimum absolute atomic E-state index is 0.107. The molecule has 1 atom stereocenters. The van der Waals surface area contributed by atoms with Gasteiger partial charge in [-0.15, -0.1) is 0 Å². The van der Waals surface area contributed by atoms with Crippen LogP contribution in [0.2, 0.25) is 0 Å². The Labute approximate surface area is 338 Å². The van der Waals surface area contributed by atoms with E-state index in [1.807, 2.05) is 99.3 Å². The van der Waals surface area contributed by atoms with Crippen LogP contribution in [0.3, 0.4) is 0 Å². The number of esters is 1. The molecular weight excluding hydrogens is 739 g/mol. The fourth-order valence-electron chi connectivity index (χ4n) is 7.91. The third-order valence-corrected chi connectivity index (χ3v) is 11.7. The number of rotatable bonds is 12. The van der Waals surface area contributed by atoms with Gasteiger partial charge in [-0.05, 0) is 137 Å². The lowest BCUT2D eigenvalue weighted by Crippen LogP contribution is -2.37. The molecule has 2 aliphatic rings. The van der Waals surface area contributed by atoms with E-state index in [0.29, 0.717) is 60.0 Å². The molecule has 4 heterocycles. The Morgan fingerprint density at radius 3 is 2.47 bits per heavy atom. The average molecular weight is 790 g/mol. The third-order valence-electron chi connectivity index (χ3n) is 10.7. The van der Waals surface area contributed by atoms with E-state index in [1.54, 1.807) is 0 Å². The Kier molecular flexibility index (Phi) is 11.9. The van der Waals surface area contributed by atoms with Gasteiger partial charge in [-0.3, -0.25) is 19.8 Å². The normalized spacial score (nSPS) is 15.6. The molecule has 0 bridgehead atoms. The Balaban J connectivity index is 1.09. The van der Waals surface area contributed by atoms with Crippen LogP contribution >= 0.6 is 11.3 Å². The summed E-state index contributed by atoms with van der Waals surface area (Å²) in [7, 11) is 0. The summed E-state index contributed by atoms with van der Waals surface area (Å²) in [5, 5.41) is 12.7. The summed E-state index contributed by atoms with van der Waals surface area (Å²) < 4.78 is 13.4. The second-order valence-corrected chi connectivity index (χ2v) is 17.3. The number of likely N-dealkylation sites (tertiary alicyclic amines) is 1. The van der Waals surface area contributed by atoms with Crippen LogP contribution in [0.25, 0.3) is 21.3 Å². The number of pyridine rings is 1. The number of ether oxygens (including phenoxy) is 2. The largest absolute Gasteiger partial charge is 0.493 e. The van der Waals surface area contributed by atoms with Crippen molar-refractivity contribution < 1.29 is 29.0 Å². The van der Waals surface area contributed by atoms with Crippen molar-refractivity contribution in [3.05, 3.63) is 101 Å². The molecule has 1 fully saturated rings. The van der Waals surface area contributed by atoms with E-state index in [9.17, 15) is 14.4 Å². The maximum absolute atomic E-state index is 13.9. The zero-order valence-electron chi connectivity index (χ0n) is 33.3. The fraction of sp³-hybridized carbons (Fsp3) is 0.400. The predicted octanol–water partition coefficient (Wildman–Crippen LogP) is 8.64. The van der Waals surface area contributed by atoms with Crippen LogP contribution in [0.5, 0.6) is 5.75 Å². The first-order valence-corrected chi connectivity index (χ1v) is 20.6. The Morgan fingerprint density at radius 2 is 1.72 bits per heavy atom. The highest BCUT2D eigenvalue weighted by Gasteiger charge is 2.28. The number of amides is 1. The predicted molar refractivity (Wildman–Crippen MR) is 224 cm³/mol. The molecule has 0 unspecified atom stereocenters. The van der Waals surface area contributed by atoms with E-state index >= 15 is 0 Å². The number of para-hydroxylation sites is 1. The SMILES string of the molecule is Cc1c(OC[C@@H](C)CC2CCN(CC(=O)O)CC2)cccc1-c1ccc(N2CCc3cccc(C(=O)Nc4nc5ccccc5s4)c3C2)nc1C(=O)OC(C)(C)C. The molecule has 1 saturated heterocycles. The molecular formula is C45H51N5O6S. The van der Waals surface area contributed by atoms with Crippen molar-refractivity contribution in [2.24, 2.45) is 11.8 Å². The number of nitrogens with one attached hydrogen (secondary N) is 1. The van der Waals surface area contributed by atoms with Crippen LogP contribution in [0.4, 0.5) is 10.9 Å². The van der Waals surface area contributed by atoms with Crippen molar-refractivity contribution in [1.82, 2.24) is 14.9 Å². The number of carboxylic acids is 1. The van der Waals surface area contributed by atoms with Gasteiger partial charge in [0.15, 0.2) is 10.8 Å². The van der Waals surface area contributed by atoms with Gasteiger partial charge >= 0.3 is 11.9 Å². The number of carbonyl (C=O) groups is 3. The minimum Gasteiger partial charge on any atom is -0.493 e. The lowest BCUT2D eigenvalue weighted by atomic mass is 9.88. The highest BCUT2D eigenvalue weighted by Crippen LogP contribution is 2.36. The number of carboxylic acid groups (broad SMARTS) is 1. The number of fused-ring (bicyclic) bond motifs is 2. The number of aromatic nitrogens is 2. The molecule has 0 spiro atoms. The summed E-state index contributed by atoms with van der Waals surface area (Å²) in [6.07, 6.45) is 3.72. The smallest absolute Gasteiger partial charge is 0.358 e. The fourth-order valence-corrected chi connectivity index (χ4v) is 8.77. The molecule has 5 aromatic rings. The molecule has 0 aliphatic carbocycles. The van der Waals surface area contributed by atoms with Crippen molar-refractivity contribution in [3.63, 3.8) is 0 Å². The van der Waals surface area contributed by atoms with Crippen molar-refractivity contribution in [2.75, 3.05) is 43.0 Å². The van der Waals surface area contributed by atoms with E-state index in [4.69, 9.17) is 19.6 Å². The van der Waals surface area contributed by atoms with E-state index in [-0.39, 0.29) is 18.1 Å². The van der Waals surface area contributed by atoms with E-state index in [1.165, 1.54) is 11.3 Å². The van der Waals surface area contributed by atoms with Gasteiger partial charge < -0.3 is 19.5 Å². The lowest BCUT2D eigenvalue weighted by Gasteiger charge is -2.32. The molecule has 11 nitrogen and oxygen atoms in total. The highest BCUT2D eigenvalue weighted by molar-refractivity contribution is 7.22. The van der Waals surface area contributed by atoms with Gasteiger partial charge in [-0.1, -0.05) is 54.7 Å². The molecule has 12 heteroatoms. The van der Waals surface area contributed by atoms with Crippen molar-refractivity contribution in [3.8, 4) is 16.9 Å². The first-order chi connectivity index (χ1) is 27.3. The molecule has 7 rings (SSSR count). The summed E-state index contributed by atoms with van der Waals surface area (Å²) >= 11 is 1.45. The van der Waals surface area contributed by atoms with E-state index < -0.39 is 17.5 Å². The average Bonchev–Trinajstić information content (AvgIpc) is 3.59. The second kappa shape index (κ2) is 17.0. The summed E-state index contributed by atoms with van der Waals surface area (Å²) in [6, 6.07) is 23.4. The monoisotopic (exact) mass is 789 g/mol. The number of carbonyl (C=O) groups excluding carboxylic acids is 2. The van der Waals surface area contributed by atoms with Crippen LogP contribution in [0, 0.1) is 18.8 Å². The maximum Gasteiger partial charge on any atom is 0.358 e. The summed E-state index contributed by atoms with van der Waals surface area (Å²) in [5.41, 5.74) is 5.35. The van der Waals surface area contributed by atoms with Gasteiger partial charge in [0.05, 0.1) is 23.4 Å². The molecule has 2 N–H and O–H groups in total. The lowest BCUT2D eigenvalue weighted by molar-refractivity contribution is -0.138. The number of hydrogen-bond donors (Lipinski definition) is 2. The van der Waals surface area contributed by atoms with Crippen LogP contribution < -0.4 is 15.0 Å². The Morgan fingerprint density at radius 1 is 0.947 bits per heavy atom. The van der Waals surface area contributed by atoms with Crippen molar-refractivity contribution in [2.45, 2.75) is 72.4 Å². The van der Waals surface area contributed by atoms with Gasteiger partial charge in [-0.2, -0.15) is 0 Å². The molecule has 2 aromatic heterocycles. The van der Waals surface area contributed by atoms with Crippen LogP contribution in [-0.4, -0.2) is 76.2 Å². The van der Waals surface area contributed by atoms with Gasteiger partial charge in [0.2, 0.25) is 0 Å². The Hall–Kier alpha value is -5.33. The van der Waals surface area contributed by atoms with Crippen LogP contribution in [0.15, 0.2) is 72.8 Å². The maximum atomic E-state index is 13.9. The standard InChI is InChI=1S/C45H51N5O6S/c1-28(24-30-18-21-49(22-19-30)26-40(51)52)27-55-37-14-9-11-32(29(37)2)33-16-17-39(47-41(33)43(54)56-45(3,4)5)50-23-20-31-10-8-12-34(35(31)25-50)42(53)48-44-46-36-13-6-7-15-38(36)57-44/h6-17,28,30H,18-27H2,1-5H3,(H,51,52)(H,46,48,53)/t28-/m0/s1. The number of anilines is 2. The minimum atomic E-state index is -0.773.